The number of nitrogens with zero attached hydrogens (tertiary/aromatic N) is 2. The van der Waals surface area contributed by atoms with Gasteiger partial charge in [-0.05, 0) is 47.7 Å². The number of hydrogen-bond acceptors (Lipinski definition) is 6. The summed E-state index contributed by atoms with van der Waals surface area (Å²) in [6.45, 7) is 0. The van der Waals surface area contributed by atoms with Gasteiger partial charge in [-0.15, -0.1) is 23.4 Å². The largest absolute Gasteiger partial charge is 0.378 e. The van der Waals surface area contributed by atoms with E-state index in [2.05, 4.69) is 5.32 Å². The minimum absolute atomic E-state index is 0.0156. The van der Waals surface area contributed by atoms with E-state index in [9.17, 15) is 24.6 Å². The molecule has 5 atom stereocenters. The first-order valence-corrected chi connectivity index (χ1v) is 12.0. The van der Waals surface area contributed by atoms with Crippen molar-refractivity contribution in [1.82, 2.24) is 0 Å². The van der Waals surface area contributed by atoms with Gasteiger partial charge >= 0.3 is 0 Å². The molecule has 2 aliphatic rings. The summed E-state index contributed by atoms with van der Waals surface area (Å²) in [7, 11) is 0. The van der Waals surface area contributed by atoms with Gasteiger partial charge in [-0.2, -0.15) is 0 Å². The van der Waals surface area contributed by atoms with Crippen molar-refractivity contribution in [1.29, 1.82) is 0 Å². The number of alkyl halides is 1. The summed E-state index contributed by atoms with van der Waals surface area (Å²) in [5, 5.41) is 25.9. The van der Waals surface area contributed by atoms with Crippen LogP contribution in [0.3, 0.4) is 0 Å². The lowest BCUT2D eigenvalue weighted by Gasteiger charge is -2.38. The highest BCUT2D eigenvalue weighted by Crippen LogP contribution is 2.58. The molecule has 10 heteroatoms. The van der Waals surface area contributed by atoms with E-state index in [1.807, 2.05) is 0 Å². The first-order valence-electron chi connectivity index (χ1n) is 10.7. The molecule has 174 valence electrons. The van der Waals surface area contributed by atoms with E-state index < -0.39 is 15.2 Å². The number of halogens is 2. The van der Waals surface area contributed by atoms with Crippen LogP contribution in [0.2, 0.25) is 0 Å². The predicted molar refractivity (Wildman–Crippen MR) is 129 cm³/mol. The number of rotatable bonds is 5. The number of nitro benzene ring substituents is 2. The minimum atomic E-state index is -0.431. The molecule has 3 aromatic carbocycles. The Morgan fingerprint density at radius 2 is 1.74 bits per heavy atom. The van der Waals surface area contributed by atoms with Crippen LogP contribution in [0.1, 0.15) is 29.5 Å². The first kappa shape index (κ1) is 22.6. The van der Waals surface area contributed by atoms with E-state index in [-0.39, 0.29) is 40.3 Å². The molecule has 1 aliphatic carbocycles. The van der Waals surface area contributed by atoms with Crippen molar-refractivity contribution in [3.63, 3.8) is 0 Å². The van der Waals surface area contributed by atoms with Gasteiger partial charge in [0.25, 0.3) is 11.4 Å². The average Bonchev–Trinajstić information content (AvgIpc) is 3.15. The Bertz CT molecular complexity index is 1280. The van der Waals surface area contributed by atoms with Gasteiger partial charge in [0, 0.05) is 35.1 Å². The maximum absolute atomic E-state index is 13.6. The first-order chi connectivity index (χ1) is 16.3. The number of nitrogens with one attached hydrogen (secondary N) is 1. The second-order valence-electron chi connectivity index (χ2n) is 8.45. The predicted octanol–water partition coefficient (Wildman–Crippen LogP) is 6.68. The molecule has 5 rings (SSSR count). The van der Waals surface area contributed by atoms with E-state index in [0.717, 1.165) is 16.8 Å². The Morgan fingerprint density at radius 1 is 1.00 bits per heavy atom. The highest BCUT2D eigenvalue weighted by Gasteiger charge is 2.50. The molecule has 7 nitrogen and oxygen atoms in total. The fourth-order valence-corrected chi connectivity index (χ4v) is 7.03. The van der Waals surface area contributed by atoms with Crippen molar-refractivity contribution < 1.29 is 14.2 Å². The maximum atomic E-state index is 13.6. The molecule has 0 bridgehead atoms. The zero-order valence-corrected chi connectivity index (χ0v) is 19.2. The lowest BCUT2D eigenvalue weighted by atomic mass is 9.77. The number of benzene rings is 3. The highest BCUT2D eigenvalue weighted by atomic mass is 35.5. The number of thioether (sulfide) groups is 1. The van der Waals surface area contributed by atoms with Crippen LogP contribution in [0.25, 0.3) is 0 Å². The Kier molecular flexibility index (Phi) is 5.91. The molecule has 0 spiro atoms. The summed E-state index contributed by atoms with van der Waals surface area (Å²) in [4.78, 5) is 22.6. The molecule has 0 aromatic heterocycles. The van der Waals surface area contributed by atoms with Crippen LogP contribution in [0.15, 0.2) is 71.6 Å². The summed E-state index contributed by atoms with van der Waals surface area (Å²) in [6.07, 6.45) is 0.632. The third-order valence-electron chi connectivity index (χ3n) is 6.58. The molecule has 0 radical (unpaired) electrons. The Labute approximate surface area is 203 Å². The molecule has 0 unspecified atom stereocenters. The number of para-hydroxylation sites is 1. The Hall–Kier alpha value is -3.17. The summed E-state index contributed by atoms with van der Waals surface area (Å²) < 4.78 is 13.6. The number of anilines is 1. The normalized spacial score (nSPS) is 25.2. The summed E-state index contributed by atoms with van der Waals surface area (Å²) in [5.74, 6) is -0.588. The molecule has 1 saturated carbocycles. The number of nitro groups is 2. The van der Waals surface area contributed by atoms with Crippen molar-refractivity contribution in [2.45, 2.75) is 33.9 Å². The maximum Gasteiger partial charge on any atom is 0.282 e. The number of hydrogen-bond donors (Lipinski definition) is 1. The van der Waals surface area contributed by atoms with Crippen molar-refractivity contribution in [2.24, 2.45) is 5.92 Å². The zero-order valence-electron chi connectivity index (χ0n) is 17.6. The van der Waals surface area contributed by atoms with Crippen LogP contribution in [-0.4, -0.2) is 20.5 Å². The van der Waals surface area contributed by atoms with Crippen LogP contribution >= 0.6 is 23.4 Å². The smallest absolute Gasteiger partial charge is 0.282 e. The number of fused-ring (bicyclic) bond motifs is 3. The minimum Gasteiger partial charge on any atom is -0.378 e. The van der Waals surface area contributed by atoms with Crippen LogP contribution in [-0.2, 0) is 0 Å². The van der Waals surface area contributed by atoms with E-state index in [4.69, 9.17) is 11.6 Å². The van der Waals surface area contributed by atoms with Crippen molar-refractivity contribution in [2.75, 3.05) is 5.32 Å². The average molecular weight is 500 g/mol. The molecule has 34 heavy (non-hydrogen) atoms. The third kappa shape index (κ3) is 3.99. The van der Waals surface area contributed by atoms with E-state index in [0.29, 0.717) is 11.3 Å². The molecule has 0 saturated heterocycles. The summed E-state index contributed by atoms with van der Waals surface area (Å²) in [6, 6.07) is 17.3. The molecule has 1 aliphatic heterocycles. The summed E-state index contributed by atoms with van der Waals surface area (Å²) in [5.41, 5.74) is 2.42. The lowest BCUT2D eigenvalue weighted by molar-refractivity contribution is -0.387. The van der Waals surface area contributed by atoms with Crippen LogP contribution in [0.4, 0.5) is 21.5 Å². The van der Waals surface area contributed by atoms with Gasteiger partial charge in [0.2, 0.25) is 0 Å². The van der Waals surface area contributed by atoms with Crippen LogP contribution in [0, 0.1) is 32.0 Å². The van der Waals surface area contributed by atoms with Crippen LogP contribution in [0.5, 0.6) is 0 Å². The molecular formula is C24H19ClFN3O4S. The van der Waals surface area contributed by atoms with Gasteiger partial charge in [-0.1, -0.05) is 24.3 Å². The van der Waals surface area contributed by atoms with Gasteiger partial charge in [0.1, 0.15) is 5.82 Å². The highest BCUT2D eigenvalue weighted by molar-refractivity contribution is 8.00. The Balaban J connectivity index is 1.55. The molecule has 3 aromatic rings. The van der Waals surface area contributed by atoms with Gasteiger partial charge in [0.15, 0.2) is 0 Å². The monoisotopic (exact) mass is 499 g/mol. The third-order valence-corrected chi connectivity index (χ3v) is 8.69. The fraction of sp³-hybridized carbons (Fsp3) is 0.250. The van der Waals surface area contributed by atoms with Gasteiger partial charge in [0.05, 0.1) is 26.2 Å². The van der Waals surface area contributed by atoms with Crippen LogP contribution < -0.4 is 5.32 Å². The second kappa shape index (κ2) is 8.88. The summed E-state index contributed by atoms with van der Waals surface area (Å²) >= 11 is 8.39. The van der Waals surface area contributed by atoms with E-state index >= 15 is 0 Å². The molecular weight excluding hydrogens is 481 g/mol. The van der Waals surface area contributed by atoms with Gasteiger partial charge in [-0.3, -0.25) is 20.2 Å². The number of non-ortho nitro benzene ring substituents is 1. The molecule has 0 amide bonds. The van der Waals surface area contributed by atoms with E-state index in [1.54, 1.807) is 42.5 Å². The van der Waals surface area contributed by atoms with Crippen molar-refractivity contribution in [3.8, 4) is 0 Å². The SMILES string of the molecule is O=[N+]([O-])c1ccc2c(c1)[C@@H]1[C@H](Cl)[C@H](Sc3ccccc3[N+](=O)[O-])C[C@@H]1[C@H](c1ccc(F)cc1)N2. The van der Waals surface area contributed by atoms with Crippen molar-refractivity contribution in [3.05, 3.63) is 104 Å². The molecule has 1 N–H and O–H groups in total. The zero-order chi connectivity index (χ0) is 24.0. The van der Waals surface area contributed by atoms with Gasteiger partial charge in [-0.25, -0.2) is 4.39 Å². The topological polar surface area (TPSA) is 98.3 Å². The second-order valence-corrected chi connectivity index (χ2v) is 10.2. The Morgan fingerprint density at radius 3 is 2.44 bits per heavy atom. The fourth-order valence-electron chi connectivity index (χ4n) is 5.09. The van der Waals surface area contributed by atoms with E-state index in [1.165, 1.54) is 36.0 Å². The lowest BCUT2D eigenvalue weighted by Crippen LogP contribution is -2.31. The van der Waals surface area contributed by atoms with Crippen molar-refractivity contribution >= 4 is 40.4 Å². The molecule has 1 fully saturated rings. The van der Waals surface area contributed by atoms with Gasteiger partial charge < -0.3 is 5.32 Å². The quantitative estimate of drug-likeness (QED) is 0.239. The standard InChI is InChI=1S/C24H19ClFN3O4S/c25-23-21(34-20-4-2-1-3-19(20)29(32)33)12-17-22(23)16-11-15(28(30)31)9-10-18(16)27-24(17)13-5-7-14(26)8-6-13/h1-11,17,21-24,27H,12H2/t17-,21+,22-,23+,24-/m0/s1. The molecule has 1 heterocycles.